The van der Waals surface area contributed by atoms with E-state index in [1.807, 2.05) is 16.5 Å². The largest absolute Gasteiger partial charge is 0.472 e. The van der Waals surface area contributed by atoms with Crippen LogP contribution in [0.3, 0.4) is 0 Å². The van der Waals surface area contributed by atoms with Gasteiger partial charge >= 0.3 is 0 Å². The van der Waals surface area contributed by atoms with E-state index in [-0.39, 0.29) is 5.91 Å². The van der Waals surface area contributed by atoms with E-state index in [0.29, 0.717) is 44.1 Å². The predicted octanol–water partition coefficient (Wildman–Crippen LogP) is 2.37. The van der Waals surface area contributed by atoms with Gasteiger partial charge < -0.3 is 18.5 Å². The topological polar surface area (TPSA) is 86.5 Å². The summed E-state index contributed by atoms with van der Waals surface area (Å²) in [6.07, 6.45) is 6.68. The van der Waals surface area contributed by atoms with Crippen LogP contribution >= 0.6 is 0 Å². The first kappa shape index (κ1) is 16.6. The lowest BCUT2D eigenvalue weighted by atomic mass is 10.0. The molecule has 0 radical (unpaired) electrons. The van der Waals surface area contributed by atoms with E-state index in [9.17, 15) is 4.79 Å². The number of nitrogens with zero attached hydrogens (tertiary/aromatic N) is 4. The minimum Gasteiger partial charge on any atom is -0.472 e. The van der Waals surface area contributed by atoms with E-state index in [2.05, 4.69) is 4.98 Å². The molecule has 8 nitrogen and oxygen atoms in total. The Labute approximate surface area is 150 Å². The summed E-state index contributed by atoms with van der Waals surface area (Å²) in [6.45, 7) is 5.03. The fourth-order valence-corrected chi connectivity index (χ4v) is 3.25. The van der Waals surface area contributed by atoms with Gasteiger partial charge in [0.15, 0.2) is 6.39 Å². The second-order valence-corrected chi connectivity index (χ2v) is 6.06. The minimum atomic E-state index is -0.0439. The second kappa shape index (κ2) is 7.17. The van der Waals surface area contributed by atoms with Gasteiger partial charge in [0.1, 0.15) is 23.9 Å². The average molecular weight is 356 g/mol. The SMILES string of the molecule is CCOCCn1nc(-c2cocn2)c2c1CCN(C(=O)c1ccoc1)C2. The number of ether oxygens (including phenoxy) is 1. The smallest absolute Gasteiger partial charge is 0.257 e. The zero-order valence-corrected chi connectivity index (χ0v) is 14.6. The maximum atomic E-state index is 12.7. The van der Waals surface area contributed by atoms with Gasteiger partial charge in [0, 0.05) is 30.8 Å². The molecule has 4 rings (SSSR count). The summed E-state index contributed by atoms with van der Waals surface area (Å²) < 4.78 is 17.6. The van der Waals surface area contributed by atoms with Crippen molar-refractivity contribution in [1.29, 1.82) is 0 Å². The highest BCUT2D eigenvalue weighted by Crippen LogP contribution is 2.30. The summed E-state index contributed by atoms with van der Waals surface area (Å²) in [7, 11) is 0. The van der Waals surface area contributed by atoms with Crippen molar-refractivity contribution in [2.45, 2.75) is 26.4 Å². The van der Waals surface area contributed by atoms with Gasteiger partial charge in [-0.05, 0) is 13.0 Å². The summed E-state index contributed by atoms with van der Waals surface area (Å²) in [5.74, 6) is -0.0439. The molecule has 26 heavy (non-hydrogen) atoms. The average Bonchev–Trinajstić information content (AvgIpc) is 3.41. The third-order valence-corrected chi connectivity index (χ3v) is 4.52. The van der Waals surface area contributed by atoms with Gasteiger partial charge in [0.05, 0.1) is 31.5 Å². The molecule has 0 saturated carbocycles. The Bertz CT molecular complexity index is 868. The molecule has 0 fully saturated rings. The molecular formula is C18H20N4O4. The van der Waals surface area contributed by atoms with Crippen molar-refractivity contribution in [3.05, 3.63) is 48.1 Å². The van der Waals surface area contributed by atoms with Gasteiger partial charge in [0.2, 0.25) is 0 Å². The van der Waals surface area contributed by atoms with Crippen LogP contribution in [0.5, 0.6) is 0 Å². The van der Waals surface area contributed by atoms with E-state index in [1.165, 1.54) is 18.9 Å². The first-order valence-corrected chi connectivity index (χ1v) is 8.64. The lowest BCUT2D eigenvalue weighted by molar-refractivity contribution is 0.0731. The van der Waals surface area contributed by atoms with Crippen molar-refractivity contribution in [1.82, 2.24) is 19.7 Å². The number of hydrogen-bond donors (Lipinski definition) is 0. The van der Waals surface area contributed by atoms with Crippen molar-refractivity contribution in [3.8, 4) is 11.4 Å². The van der Waals surface area contributed by atoms with Crippen molar-refractivity contribution >= 4 is 5.91 Å². The molecule has 4 heterocycles. The Kier molecular flexibility index (Phi) is 4.57. The van der Waals surface area contributed by atoms with Crippen molar-refractivity contribution in [3.63, 3.8) is 0 Å². The Morgan fingerprint density at radius 1 is 1.35 bits per heavy atom. The minimum absolute atomic E-state index is 0.0439. The maximum absolute atomic E-state index is 12.7. The fraction of sp³-hybridized carbons (Fsp3) is 0.389. The van der Waals surface area contributed by atoms with Crippen LogP contribution in [-0.2, 0) is 24.2 Å². The molecule has 1 aliphatic rings. The van der Waals surface area contributed by atoms with Crippen molar-refractivity contribution < 1.29 is 18.4 Å². The Morgan fingerprint density at radius 2 is 2.27 bits per heavy atom. The van der Waals surface area contributed by atoms with E-state index >= 15 is 0 Å². The Hall–Kier alpha value is -2.87. The van der Waals surface area contributed by atoms with E-state index in [4.69, 9.17) is 18.7 Å². The second-order valence-electron chi connectivity index (χ2n) is 6.06. The van der Waals surface area contributed by atoms with Crippen LogP contribution in [-0.4, -0.2) is 45.3 Å². The molecule has 3 aromatic heterocycles. The van der Waals surface area contributed by atoms with Gasteiger partial charge in [-0.25, -0.2) is 4.98 Å². The Balaban J connectivity index is 1.64. The number of furan rings is 1. The molecule has 1 amide bonds. The van der Waals surface area contributed by atoms with E-state index < -0.39 is 0 Å². The molecule has 3 aromatic rings. The van der Waals surface area contributed by atoms with Gasteiger partial charge in [-0.15, -0.1) is 0 Å². The van der Waals surface area contributed by atoms with Gasteiger partial charge in [0.25, 0.3) is 5.91 Å². The van der Waals surface area contributed by atoms with Crippen LogP contribution in [0.15, 0.2) is 40.1 Å². The molecule has 0 aromatic carbocycles. The van der Waals surface area contributed by atoms with E-state index in [1.54, 1.807) is 12.3 Å². The van der Waals surface area contributed by atoms with E-state index in [0.717, 1.165) is 23.4 Å². The molecule has 0 spiro atoms. The van der Waals surface area contributed by atoms with Crippen LogP contribution < -0.4 is 0 Å². The van der Waals surface area contributed by atoms with Crippen LogP contribution in [0.25, 0.3) is 11.4 Å². The lowest BCUT2D eigenvalue weighted by Gasteiger charge is -2.27. The highest BCUT2D eigenvalue weighted by molar-refractivity contribution is 5.94. The van der Waals surface area contributed by atoms with Crippen LogP contribution in [0, 0.1) is 0 Å². The molecule has 0 unspecified atom stereocenters. The summed E-state index contributed by atoms with van der Waals surface area (Å²) in [5, 5.41) is 4.72. The maximum Gasteiger partial charge on any atom is 0.257 e. The third kappa shape index (κ3) is 3.03. The predicted molar refractivity (Wildman–Crippen MR) is 91.4 cm³/mol. The number of oxazole rings is 1. The molecule has 0 bridgehead atoms. The molecule has 1 aliphatic heterocycles. The quantitative estimate of drug-likeness (QED) is 0.630. The fourth-order valence-electron chi connectivity index (χ4n) is 3.25. The van der Waals surface area contributed by atoms with Crippen molar-refractivity contribution in [2.75, 3.05) is 19.8 Å². The van der Waals surface area contributed by atoms with Crippen LogP contribution in [0.1, 0.15) is 28.5 Å². The van der Waals surface area contributed by atoms with Crippen LogP contribution in [0.2, 0.25) is 0 Å². The standard InChI is InChI=1S/C18H20N4O4/c1-2-24-8-6-22-16-3-5-21(18(23)13-4-7-25-10-13)9-14(16)17(20-22)15-11-26-12-19-15/h4,7,10-12H,2-3,5-6,8-9H2,1H3. The zero-order chi connectivity index (χ0) is 17.9. The molecule has 0 N–H and O–H groups in total. The number of aromatic nitrogens is 3. The van der Waals surface area contributed by atoms with Gasteiger partial charge in [-0.1, -0.05) is 0 Å². The van der Waals surface area contributed by atoms with Crippen LogP contribution in [0.4, 0.5) is 0 Å². The number of carbonyl (C=O) groups excluding carboxylic acids is 1. The lowest BCUT2D eigenvalue weighted by Crippen LogP contribution is -2.36. The highest BCUT2D eigenvalue weighted by atomic mass is 16.5. The summed E-state index contributed by atoms with van der Waals surface area (Å²) in [4.78, 5) is 18.7. The first-order valence-electron chi connectivity index (χ1n) is 8.64. The Morgan fingerprint density at radius 3 is 3.00 bits per heavy atom. The molecule has 0 aliphatic carbocycles. The molecule has 0 atom stereocenters. The zero-order valence-electron chi connectivity index (χ0n) is 14.6. The number of amides is 1. The van der Waals surface area contributed by atoms with Gasteiger partial charge in [-0.2, -0.15) is 5.10 Å². The molecule has 136 valence electrons. The highest BCUT2D eigenvalue weighted by Gasteiger charge is 2.29. The first-order chi connectivity index (χ1) is 12.8. The summed E-state index contributed by atoms with van der Waals surface area (Å²) in [6, 6.07) is 1.68. The number of rotatable bonds is 6. The number of hydrogen-bond acceptors (Lipinski definition) is 6. The molecule has 0 saturated heterocycles. The number of carbonyl (C=O) groups is 1. The monoisotopic (exact) mass is 356 g/mol. The molecular weight excluding hydrogens is 336 g/mol. The third-order valence-electron chi connectivity index (χ3n) is 4.52. The summed E-state index contributed by atoms with van der Waals surface area (Å²) >= 11 is 0. The van der Waals surface area contributed by atoms with Gasteiger partial charge in [-0.3, -0.25) is 9.48 Å². The number of fused-ring (bicyclic) bond motifs is 1. The molecule has 8 heteroatoms. The summed E-state index contributed by atoms with van der Waals surface area (Å²) in [5.41, 5.74) is 4.13. The van der Waals surface area contributed by atoms with Crippen molar-refractivity contribution in [2.24, 2.45) is 0 Å². The normalized spacial score (nSPS) is 13.8.